The van der Waals surface area contributed by atoms with Gasteiger partial charge in [-0.2, -0.15) is 0 Å². The van der Waals surface area contributed by atoms with Crippen LogP contribution in [-0.2, 0) is 9.59 Å². The smallest absolute Gasteiger partial charge is 0.266 e. The van der Waals surface area contributed by atoms with Gasteiger partial charge < -0.3 is 5.32 Å². The van der Waals surface area contributed by atoms with E-state index in [1.165, 1.54) is 11.8 Å². The predicted molar refractivity (Wildman–Crippen MR) is 103 cm³/mol. The van der Waals surface area contributed by atoms with Crippen molar-refractivity contribution in [1.82, 2.24) is 10.2 Å². The van der Waals surface area contributed by atoms with E-state index in [-0.39, 0.29) is 17.4 Å². The second kappa shape index (κ2) is 7.94. The lowest BCUT2D eigenvalue weighted by Crippen LogP contribution is -2.40. The molecule has 1 N–H and O–H groups in total. The molecule has 1 saturated heterocycles. The third kappa shape index (κ3) is 5.46. The number of amides is 2. The highest BCUT2D eigenvalue weighted by Crippen LogP contribution is 2.32. The molecule has 0 bridgehead atoms. The van der Waals surface area contributed by atoms with Crippen LogP contribution in [0.3, 0.4) is 0 Å². The third-order valence-electron chi connectivity index (χ3n) is 3.27. The standard InChI is InChI=1S/C18H22N2O2S2/c1-18(2,3)19-15(21)10-7-11-20-16(22)14(24-17(20)23)12-13-8-5-4-6-9-13/h4-6,8-9,12H,7,10-11H2,1-3H3,(H,19,21)/b14-12-. The van der Waals surface area contributed by atoms with Crippen molar-refractivity contribution in [1.29, 1.82) is 0 Å². The number of carbonyl (C=O) groups is 2. The van der Waals surface area contributed by atoms with E-state index < -0.39 is 0 Å². The van der Waals surface area contributed by atoms with Crippen LogP contribution in [0.25, 0.3) is 6.08 Å². The van der Waals surface area contributed by atoms with Crippen LogP contribution in [0.2, 0.25) is 0 Å². The quantitative estimate of drug-likeness (QED) is 0.642. The van der Waals surface area contributed by atoms with E-state index in [2.05, 4.69) is 5.32 Å². The van der Waals surface area contributed by atoms with Crippen LogP contribution in [0.1, 0.15) is 39.2 Å². The maximum absolute atomic E-state index is 12.5. The van der Waals surface area contributed by atoms with Gasteiger partial charge in [-0.05, 0) is 38.8 Å². The Balaban J connectivity index is 1.91. The Bertz CT molecular complexity index is 663. The number of hydrogen-bond donors (Lipinski definition) is 1. The summed E-state index contributed by atoms with van der Waals surface area (Å²) in [6.45, 7) is 6.30. The molecular formula is C18H22N2O2S2. The Morgan fingerprint density at radius 2 is 1.96 bits per heavy atom. The predicted octanol–water partition coefficient (Wildman–Crippen LogP) is 3.58. The van der Waals surface area contributed by atoms with Gasteiger partial charge >= 0.3 is 0 Å². The highest BCUT2D eigenvalue weighted by atomic mass is 32.2. The number of benzene rings is 1. The molecule has 0 unspecified atom stereocenters. The topological polar surface area (TPSA) is 49.4 Å². The molecule has 1 aliphatic heterocycles. The Morgan fingerprint density at radius 1 is 1.29 bits per heavy atom. The molecule has 0 atom stereocenters. The Kier molecular flexibility index (Phi) is 6.18. The van der Waals surface area contributed by atoms with Gasteiger partial charge in [-0.15, -0.1) is 0 Å². The first-order chi connectivity index (χ1) is 11.3. The molecule has 1 aromatic rings. The maximum atomic E-state index is 12.5. The number of nitrogens with zero attached hydrogens (tertiary/aromatic N) is 1. The monoisotopic (exact) mass is 362 g/mol. The zero-order valence-electron chi connectivity index (χ0n) is 14.2. The van der Waals surface area contributed by atoms with Crippen molar-refractivity contribution in [3.8, 4) is 0 Å². The third-order valence-corrected chi connectivity index (χ3v) is 4.65. The van der Waals surface area contributed by atoms with Gasteiger partial charge in [0, 0.05) is 18.5 Å². The Labute approximate surface area is 152 Å². The molecule has 128 valence electrons. The fourth-order valence-corrected chi connectivity index (χ4v) is 3.58. The average Bonchev–Trinajstić information content (AvgIpc) is 2.74. The molecule has 1 fully saturated rings. The van der Waals surface area contributed by atoms with Gasteiger partial charge in [0.25, 0.3) is 5.91 Å². The van der Waals surface area contributed by atoms with Gasteiger partial charge in [0.1, 0.15) is 4.32 Å². The first-order valence-electron chi connectivity index (χ1n) is 7.88. The van der Waals surface area contributed by atoms with Crippen LogP contribution in [0.5, 0.6) is 0 Å². The van der Waals surface area contributed by atoms with E-state index in [1.54, 1.807) is 4.90 Å². The number of carbonyl (C=O) groups excluding carboxylic acids is 2. The molecule has 0 radical (unpaired) electrons. The molecule has 4 nitrogen and oxygen atoms in total. The van der Waals surface area contributed by atoms with Crippen LogP contribution < -0.4 is 5.32 Å². The van der Waals surface area contributed by atoms with Gasteiger partial charge in [0.05, 0.1) is 4.91 Å². The molecule has 2 amide bonds. The molecule has 1 aliphatic rings. The highest BCUT2D eigenvalue weighted by Gasteiger charge is 2.31. The number of nitrogens with one attached hydrogen (secondary N) is 1. The lowest BCUT2D eigenvalue weighted by Gasteiger charge is -2.21. The second-order valence-electron chi connectivity index (χ2n) is 6.65. The minimum absolute atomic E-state index is 0.00670. The molecule has 6 heteroatoms. The number of thioether (sulfide) groups is 1. The molecule has 2 rings (SSSR count). The normalized spacial score (nSPS) is 16.8. The fraction of sp³-hybridized carbons (Fsp3) is 0.389. The second-order valence-corrected chi connectivity index (χ2v) is 8.32. The Hall–Kier alpha value is -1.66. The zero-order chi connectivity index (χ0) is 17.7. The summed E-state index contributed by atoms with van der Waals surface area (Å²) < 4.78 is 0.554. The van der Waals surface area contributed by atoms with Crippen molar-refractivity contribution in [3.63, 3.8) is 0 Å². The van der Waals surface area contributed by atoms with Gasteiger partial charge in [0.15, 0.2) is 0 Å². The molecule has 0 saturated carbocycles. The van der Waals surface area contributed by atoms with E-state index in [4.69, 9.17) is 12.2 Å². The summed E-state index contributed by atoms with van der Waals surface area (Å²) in [6.07, 6.45) is 2.82. The van der Waals surface area contributed by atoms with E-state index >= 15 is 0 Å². The maximum Gasteiger partial charge on any atom is 0.266 e. The van der Waals surface area contributed by atoms with Crippen molar-refractivity contribution >= 4 is 46.2 Å². The van der Waals surface area contributed by atoms with Crippen molar-refractivity contribution in [2.24, 2.45) is 0 Å². The van der Waals surface area contributed by atoms with E-state index in [0.717, 1.165) is 5.56 Å². The van der Waals surface area contributed by atoms with Crippen LogP contribution in [0, 0.1) is 0 Å². The van der Waals surface area contributed by atoms with Crippen molar-refractivity contribution in [3.05, 3.63) is 40.8 Å². The Morgan fingerprint density at radius 3 is 2.58 bits per heavy atom. The highest BCUT2D eigenvalue weighted by molar-refractivity contribution is 8.26. The van der Waals surface area contributed by atoms with E-state index in [9.17, 15) is 9.59 Å². The van der Waals surface area contributed by atoms with Gasteiger partial charge in [-0.1, -0.05) is 54.3 Å². The number of hydrogen-bond acceptors (Lipinski definition) is 4. The summed E-state index contributed by atoms with van der Waals surface area (Å²) in [5, 5.41) is 2.92. The van der Waals surface area contributed by atoms with Crippen molar-refractivity contribution in [2.75, 3.05) is 6.54 Å². The summed E-state index contributed by atoms with van der Waals surface area (Å²) in [4.78, 5) is 26.5. The molecular weight excluding hydrogens is 340 g/mol. The first-order valence-corrected chi connectivity index (χ1v) is 9.10. The van der Waals surface area contributed by atoms with Crippen LogP contribution in [0.15, 0.2) is 35.2 Å². The zero-order valence-corrected chi connectivity index (χ0v) is 15.8. The van der Waals surface area contributed by atoms with Crippen LogP contribution >= 0.6 is 24.0 Å². The van der Waals surface area contributed by atoms with Crippen LogP contribution in [-0.4, -0.2) is 33.1 Å². The first kappa shape index (κ1) is 18.7. The summed E-state index contributed by atoms with van der Waals surface area (Å²) in [5.74, 6) is -0.0853. The average molecular weight is 363 g/mol. The van der Waals surface area contributed by atoms with E-state index in [0.29, 0.717) is 28.6 Å². The summed E-state index contributed by atoms with van der Waals surface area (Å²) in [7, 11) is 0. The van der Waals surface area contributed by atoms with Gasteiger partial charge in [-0.25, -0.2) is 0 Å². The van der Waals surface area contributed by atoms with Crippen molar-refractivity contribution in [2.45, 2.75) is 39.2 Å². The van der Waals surface area contributed by atoms with Gasteiger partial charge in [0.2, 0.25) is 5.91 Å². The molecule has 0 spiro atoms. The fourth-order valence-electron chi connectivity index (χ4n) is 2.27. The summed E-state index contributed by atoms with van der Waals surface area (Å²) in [6, 6.07) is 9.69. The van der Waals surface area contributed by atoms with Gasteiger partial charge in [-0.3, -0.25) is 14.5 Å². The number of thiocarbonyl (C=S) groups is 1. The molecule has 1 heterocycles. The lowest BCUT2D eigenvalue weighted by atomic mass is 10.1. The number of rotatable bonds is 5. The SMILES string of the molecule is CC(C)(C)NC(=O)CCCN1C(=O)/C(=C/c2ccccc2)SC1=S. The van der Waals surface area contributed by atoms with Crippen LogP contribution in [0.4, 0.5) is 0 Å². The summed E-state index contributed by atoms with van der Waals surface area (Å²) >= 11 is 6.62. The minimum atomic E-state index is -0.239. The largest absolute Gasteiger partial charge is 0.352 e. The summed E-state index contributed by atoms with van der Waals surface area (Å²) in [5.41, 5.74) is 0.736. The molecule has 1 aromatic carbocycles. The molecule has 0 aromatic heterocycles. The molecule has 0 aliphatic carbocycles. The lowest BCUT2D eigenvalue weighted by molar-refractivity contribution is -0.124. The van der Waals surface area contributed by atoms with Crippen molar-refractivity contribution < 1.29 is 9.59 Å². The molecule has 24 heavy (non-hydrogen) atoms. The van der Waals surface area contributed by atoms with E-state index in [1.807, 2.05) is 57.2 Å². The minimum Gasteiger partial charge on any atom is -0.352 e.